The Kier molecular flexibility index (Phi) is 3.58. The first kappa shape index (κ1) is 13.3. The highest BCUT2D eigenvalue weighted by Gasteiger charge is 2.14. The van der Waals surface area contributed by atoms with Crippen molar-refractivity contribution in [2.24, 2.45) is 0 Å². The van der Waals surface area contributed by atoms with E-state index in [1.165, 1.54) is 11.3 Å². The molecule has 102 valence electrons. The van der Waals surface area contributed by atoms with Gasteiger partial charge in [-0.2, -0.15) is 0 Å². The van der Waals surface area contributed by atoms with Crippen molar-refractivity contribution >= 4 is 49.2 Å². The summed E-state index contributed by atoms with van der Waals surface area (Å²) >= 11 is 5.00. The van der Waals surface area contributed by atoms with E-state index in [-0.39, 0.29) is 12.5 Å². The van der Waals surface area contributed by atoms with Crippen LogP contribution in [-0.2, 0) is 11.3 Å². The fourth-order valence-electron chi connectivity index (χ4n) is 2.18. The maximum absolute atomic E-state index is 12.1. The third-order valence-electron chi connectivity index (χ3n) is 3.13. The number of halogens is 1. The number of fused-ring (bicyclic) bond motifs is 1. The quantitative estimate of drug-likeness (QED) is 0.781. The Bertz CT molecular complexity index is 764. The number of hydrogen-bond acceptors (Lipinski definition) is 3. The monoisotopic (exact) mass is 349 g/mol. The van der Waals surface area contributed by atoms with Crippen LogP contribution >= 0.6 is 27.3 Å². The van der Waals surface area contributed by atoms with E-state index in [1.807, 2.05) is 41.1 Å². The topological polar surface area (TPSA) is 46.9 Å². The number of carbonyl (C=O) groups is 1. The SMILES string of the molecule is Cc1c(Br)c2ccccc2n1CC(=O)Nc1nccs1. The molecule has 0 unspecified atom stereocenters. The van der Waals surface area contributed by atoms with Crippen molar-refractivity contribution in [3.63, 3.8) is 0 Å². The van der Waals surface area contributed by atoms with E-state index >= 15 is 0 Å². The van der Waals surface area contributed by atoms with E-state index in [2.05, 4.69) is 26.2 Å². The third-order valence-corrected chi connectivity index (χ3v) is 4.82. The fourth-order valence-corrected chi connectivity index (χ4v) is 3.27. The Balaban J connectivity index is 1.91. The van der Waals surface area contributed by atoms with Crippen molar-refractivity contribution in [1.82, 2.24) is 9.55 Å². The van der Waals surface area contributed by atoms with E-state index in [0.717, 1.165) is 21.1 Å². The molecule has 1 N–H and O–H groups in total. The highest BCUT2D eigenvalue weighted by atomic mass is 79.9. The average molecular weight is 350 g/mol. The van der Waals surface area contributed by atoms with Gasteiger partial charge in [0.05, 0.1) is 0 Å². The van der Waals surface area contributed by atoms with E-state index in [1.54, 1.807) is 6.20 Å². The summed E-state index contributed by atoms with van der Waals surface area (Å²) in [5.41, 5.74) is 2.09. The second-order valence-corrected chi connectivity index (χ2v) is 6.08. The predicted octanol–water partition coefficient (Wildman–Crippen LogP) is 3.81. The number of anilines is 1. The summed E-state index contributed by atoms with van der Waals surface area (Å²) < 4.78 is 3.04. The lowest BCUT2D eigenvalue weighted by Gasteiger charge is -2.07. The molecule has 0 radical (unpaired) electrons. The zero-order valence-corrected chi connectivity index (χ0v) is 13.2. The summed E-state index contributed by atoms with van der Waals surface area (Å²) in [5.74, 6) is -0.0729. The summed E-state index contributed by atoms with van der Waals surface area (Å²) in [4.78, 5) is 16.2. The molecule has 6 heteroatoms. The van der Waals surface area contributed by atoms with Gasteiger partial charge in [-0.15, -0.1) is 11.3 Å². The highest BCUT2D eigenvalue weighted by Crippen LogP contribution is 2.30. The molecule has 0 fully saturated rings. The van der Waals surface area contributed by atoms with Crippen LogP contribution in [0.4, 0.5) is 5.13 Å². The molecule has 2 aromatic heterocycles. The van der Waals surface area contributed by atoms with E-state index in [0.29, 0.717) is 5.13 Å². The number of nitrogens with zero attached hydrogens (tertiary/aromatic N) is 2. The van der Waals surface area contributed by atoms with Crippen LogP contribution in [0.2, 0.25) is 0 Å². The van der Waals surface area contributed by atoms with Crippen molar-refractivity contribution in [2.45, 2.75) is 13.5 Å². The Morgan fingerprint density at radius 3 is 3.00 bits per heavy atom. The normalized spacial score (nSPS) is 10.9. The molecular weight excluding hydrogens is 338 g/mol. The van der Waals surface area contributed by atoms with Crippen molar-refractivity contribution in [3.05, 3.63) is 46.0 Å². The maximum Gasteiger partial charge on any atom is 0.246 e. The smallest absolute Gasteiger partial charge is 0.246 e. The Morgan fingerprint density at radius 2 is 2.25 bits per heavy atom. The number of carbonyl (C=O) groups excluding carboxylic acids is 1. The first-order valence-electron chi connectivity index (χ1n) is 6.09. The third kappa shape index (κ3) is 2.36. The van der Waals surface area contributed by atoms with Gasteiger partial charge in [-0.1, -0.05) is 18.2 Å². The standard InChI is InChI=1S/C14H12BrN3OS/c1-9-13(15)10-4-2-3-5-11(10)18(9)8-12(19)17-14-16-6-7-20-14/h2-7H,8H2,1H3,(H,16,17,19). The summed E-state index contributed by atoms with van der Waals surface area (Å²) in [5, 5.41) is 6.39. The maximum atomic E-state index is 12.1. The van der Waals surface area contributed by atoms with E-state index < -0.39 is 0 Å². The van der Waals surface area contributed by atoms with Gasteiger partial charge in [0.1, 0.15) is 6.54 Å². The molecule has 2 heterocycles. The van der Waals surface area contributed by atoms with Crippen LogP contribution in [-0.4, -0.2) is 15.5 Å². The van der Waals surface area contributed by atoms with Gasteiger partial charge < -0.3 is 9.88 Å². The number of hydrogen-bond donors (Lipinski definition) is 1. The lowest BCUT2D eigenvalue weighted by Crippen LogP contribution is -2.19. The first-order chi connectivity index (χ1) is 9.66. The van der Waals surface area contributed by atoms with Crippen LogP contribution < -0.4 is 5.32 Å². The van der Waals surface area contributed by atoms with Crippen molar-refractivity contribution < 1.29 is 4.79 Å². The molecule has 0 saturated heterocycles. The number of rotatable bonds is 3. The van der Waals surface area contributed by atoms with Gasteiger partial charge in [-0.25, -0.2) is 4.98 Å². The van der Waals surface area contributed by atoms with Crippen molar-refractivity contribution in [2.75, 3.05) is 5.32 Å². The van der Waals surface area contributed by atoms with E-state index in [9.17, 15) is 4.79 Å². The average Bonchev–Trinajstić information content (AvgIpc) is 3.03. The minimum Gasteiger partial charge on any atom is -0.334 e. The van der Waals surface area contributed by atoms with Crippen LogP contribution in [0.15, 0.2) is 40.3 Å². The summed E-state index contributed by atoms with van der Waals surface area (Å²) in [6.45, 7) is 2.28. The molecular formula is C14H12BrN3OS. The van der Waals surface area contributed by atoms with Crippen molar-refractivity contribution in [3.8, 4) is 0 Å². The second kappa shape index (κ2) is 5.38. The summed E-state index contributed by atoms with van der Waals surface area (Å²) in [6.07, 6.45) is 1.67. The first-order valence-corrected chi connectivity index (χ1v) is 7.77. The molecule has 1 amide bonds. The molecule has 0 atom stereocenters. The Hall–Kier alpha value is -1.66. The van der Waals surface area contributed by atoms with Gasteiger partial charge in [-0.3, -0.25) is 4.79 Å². The largest absolute Gasteiger partial charge is 0.334 e. The fraction of sp³-hybridized carbons (Fsp3) is 0.143. The highest BCUT2D eigenvalue weighted by molar-refractivity contribution is 9.10. The lowest BCUT2D eigenvalue weighted by molar-refractivity contribution is -0.116. The molecule has 0 spiro atoms. The number of aromatic nitrogens is 2. The zero-order chi connectivity index (χ0) is 14.1. The lowest BCUT2D eigenvalue weighted by atomic mass is 10.2. The molecule has 4 nitrogen and oxygen atoms in total. The molecule has 0 bridgehead atoms. The summed E-state index contributed by atoms with van der Waals surface area (Å²) in [7, 11) is 0. The Morgan fingerprint density at radius 1 is 1.45 bits per heavy atom. The predicted molar refractivity (Wildman–Crippen MR) is 85.1 cm³/mol. The van der Waals surface area contributed by atoms with Crippen LogP contribution in [0.3, 0.4) is 0 Å². The van der Waals surface area contributed by atoms with E-state index in [4.69, 9.17) is 0 Å². The molecule has 20 heavy (non-hydrogen) atoms. The zero-order valence-electron chi connectivity index (χ0n) is 10.8. The van der Waals surface area contributed by atoms with Gasteiger partial charge in [0.25, 0.3) is 0 Å². The molecule has 0 saturated carbocycles. The van der Waals surface area contributed by atoms with Gasteiger partial charge >= 0.3 is 0 Å². The minimum absolute atomic E-state index is 0.0729. The summed E-state index contributed by atoms with van der Waals surface area (Å²) in [6, 6.07) is 8.03. The van der Waals surface area contributed by atoms with Crippen LogP contribution in [0.25, 0.3) is 10.9 Å². The molecule has 0 aliphatic carbocycles. The molecule has 3 rings (SSSR count). The van der Waals surface area contributed by atoms with Crippen LogP contribution in [0.1, 0.15) is 5.69 Å². The Labute approximate surface area is 128 Å². The number of nitrogens with one attached hydrogen (secondary N) is 1. The van der Waals surface area contributed by atoms with Crippen molar-refractivity contribution in [1.29, 1.82) is 0 Å². The minimum atomic E-state index is -0.0729. The number of amides is 1. The van der Waals surface area contributed by atoms with Crippen LogP contribution in [0.5, 0.6) is 0 Å². The number of thiazole rings is 1. The molecule has 1 aromatic carbocycles. The molecule has 0 aliphatic heterocycles. The van der Waals surface area contributed by atoms with Gasteiger partial charge in [0.15, 0.2) is 5.13 Å². The van der Waals surface area contributed by atoms with Gasteiger partial charge in [0, 0.05) is 32.6 Å². The second-order valence-electron chi connectivity index (χ2n) is 4.39. The number of para-hydroxylation sites is 1. The molecule has 3 aromatic rings. The van der Waals surface area contributed by atoms with Gasteiger partial charge in [-0.05, 0) is 28.9 Å². The van der Waals surface area contributed by atoms with Crippen LogP contribution in [0, 0.1) is 6.92 Å². The number of benzene rings is 1. The molecule has 0 aliphatic rings. The van der Waals surface area contributed by atoms with Gasteiger partial charge in [0.2, 0.25) is 5.91 Å².